The number of esters is 4. The van der Waals surface area contributed by atoms with Crippen LogP contribution >= 0.6 is 7.82 Å². The molecule has 0 saturated carbocycles. The largest absolute Gasteiger partial charge is 0.590 e. The molecular formula is C26H29O13P. The molecule has 0 N–H and O–H groups in total. The number of rotatable bonds is 11. The number of phosphoric ester groups is 1. The molecule has 0 radical (unpaired) electrons. The first-order valence-electron chi connectivity index (χ1n) is 12.0. The minimum absolute atomic E-state index is 0.104. The summed E-state index contributed by atoms with van der Waals surface area (Å²) < 4.78 is 58.0. The van der Waals surface area contributed by atoms with Gasteiger partial charge in [-0.05, 0) is 24.3 Å². The van der Waals surface area contributed by atoms with Crippen LogP contribution in [0.25, 0.3) is 0 Å². The third-order valence-electron chi connectivity index (χ3n) is 5.10. The third-order valence-corrected chi connectivity index (χ3v) is 6.44. The van der Waals surface area contributed by atoms with Crippen molar-refractivity contribution in [1.29, 1.82) is 0 Å². The van der Waals surface area contributed by atoms with Crippen LogP contribution in [0.15, 0.2) is 60.7 Å². The molecule has 2 aromatic carbocycles. The van der Waals surface area contributed by atoms with E-state index < -0.39 is 69.0 Å². The molecule has 0 spiro atoms. The van der Waals surface area contributed by atoms with E-state index in [-0.39, 0.29) is 11.5 Å². The molecule has 0 amide bonds. The summed E-state index contributed by atoms with van der Waals surface area (Å²) >= 11 is 0. The average molecular weight is 580 g/mol. The topological polar surface area (TPSA) is 159 Å². The molecule has 3 unspecified atom stereocenters. The highest BCUT2D eigenvalue weighted by Gasteiger charge is 2.55. The summed E-state index contributed by atoms with van der Waals surface area (Å²) in [7, 11) is -4.66. The van der Waals surface area contributed by atoms with Gasteiger partial charge in [0.1, 0.15) is 24.2 Å². The van der Waals surface area contributed by atoms with E-state index in [1.54, 1.807) is 36.4 Å². The lowest BCUT2D eigenvalue weighted by atomic mass is 9.98. The average Bonchev–Trinajstić information content (AvgIpc) is 2.86. The van der Waals surface area contributed by atoms with Gasteiger partial charge in [0, 0.05) is 27.7 Å². The first-order valence-corrected chi connectivity index (χ1v) is 13.5. The van der Waals surface area contributed by atoms with Crippen molar-refractivity contribution in [2.45, 2.75) is 58.4 Å². The fourth-order valence-electron chi connectivity index (χ4n) is 3.68. The Bertz CT molecular complexity index is 1170. The van der Waals surface area contributed by atoms with E-state index in [4.69, 9.17) is 37.3 Å². The predicted molar refractivity (Wildman–Crippen MR) is 135 cm³/mol. The summed E-state index contributed by atoms with van der Waals surface area (Å²) in [6, 6.07) is 15.9. The highest BCUT2D eigenvalue weighted by molar-refractivity contribution is 7.49. The number of para-hydroxylation sites is 2. The lowest BCUT2D eigenvalue weighted by Crippen LogP contribution is -2.62. The zero-order valence-electron chi connectivity index (χ0n) is 22.1. The van der Waals surface area contributed by atoms with Crippen LogP contribution in [-0.2, 0) is 52.0 Å². The molecule has 13 nitrogen and oxygen atoms in total. The predicted octanol–water partition coefficient (Wildman–Crippen LogP) is 3.35. The second-order valence-corrected chi connectivity index (χ2v) is 9.90. The van der Waals surface area contributed by atoms with E-state index in [1.165, 1.54) is 24.3 Å². The Morgan fingerprint density at radius 1 is 0.675 bits per heavy atom. The number of benzene rings is 2. The summed E-state index contributed by atoms with van der Waals surface area (Å²) in [5.74, 6) is -2.98. The second kappa shape index (κ2) is 13.9. The van der Waals surface area contributed by atoms with Gasteiger partial charge in [-0.2, -0.15) is 0 Å². The van der Waals surface area contributed by atoms with Crippen LogP contribution in [0.1, 0.15) is 27.7 Å². The maximum atomic E-state index is 14.0. The van der Waals surface area contributed by atoms with E-state index in [2.05, 4.69) is 0 Å². The zero-order chi connectivity index (χ0) is 29.3. The van der Waals surface area contributed by atoms with E-state index in [0.29, 0.717) is 0 Å². The Labute approximate surface area is 230 Å². The number of carbonyl (C=O) groups excluding carboxylic acids is 4. The molecule has 3 rings (SSSR count). The fourth-order valence-corrected chi connectivity index (χ4v) is 4.99. The van der Waals surface area contributed by atoms with Crippen molar-refractivity contribution in [1.82, 2.24) is 0 Å². The van der Waals surface area contributed by atoms with Crippen molar-refractivity contribution >= 4 is 31.7 Å². The molecule has 0 aromatic heterocycles. The standard InChI is InChI=1S/C26H29O13P/c1-16(27)32-15-22-23(33-17(2)28)24(34-18(3)29)25(35-19(4)30)26(36-22)39-40(31,37-20-11-7-5-8-12-20)38-21-13-9-6-10-14-21/h5-14,22-26H,15H2,1-4H3/t22?,23-,24?,25?,26-/m1/s1. The monoisotopic (exact) mass is 580 g/mol. The molecule has 0 aliphatic carbocycles. The van der Waals surface area contributed by atoms with E-state index in [9.17, 15) is 23.7 Å². The lowest BCUT2D eigenvalue weighted by molar-refractivity contribution is -0.290. The molecule has 1 fully saturated rings. The smallest absolute Gasteiger partial charge is 0.463 e. The van der Waals surface area contributed by atoms with Crippen molar-refractivity contribution in [3.8, 4) is 11.5 Å². The molecule has 1 aliphatic heterocycles. The van der Waals surface area contributed by atoms with Crippen LogP contribution in [0.5, 0.6) is 11.5 Å². The van der Waals surface area contributed by atoms with Crippen LogP contribution in [0, 0.1) is 0 Å². The van der Waals surface area contributed by atoms with Gasteiger partial charge in [-0.1, -0.05) is 36.4 Å². The maximum absolute atomic E-state index is 14.0. The summed E-state index contributed by atoms with van der Waals surface area (Å²) in [4.78, 5) is 47.6. The zero-order valence-corrected chi connectivity index (χ0v) is 23.0. The maximum Gasteiger partial charge on any atom is 0.590 e. The summed E-state index contributed by atoms with van der Waals surface area (Å²) in [5, 5.41) is 0. The lowest BCUT2D eigenvalue weighted by Gasteiger charge is -2.44. The number of hydrogen-bond acceptors (Lipinski definition) is 13. The van der Waals surface area contributed by atoms with Crippen LogP contribution < -0.4 is 9.05 Å². The normalized spacial score (nSPS) is 22.4. The van der Waals surface area contributed by atoms with Gasteiger partial charge in [-0.15, -0.1) is 0 Å². The van der Waals surface area contributed by atoms with Gasteiger partial charge < -0.3 is 32.7 Å². The Morgan fingerprint density at radius 2 is 1.12 bits per heavy atom. The van der Waals surface area contributed by atoms with Gasteiger partial charge in [-0.25, -0.2) is 9.09 Å². The van der Waals surface area contributed by atoms with Crippen molar-refractivity contribution in [3.05, 3.63) is 60.7 Å². The van der Waals surface area contributed by atoms with E-state index in [0.717, 1.165) is 27.7 Å². The highest BCUT2D eigenvalue weighted by atomic mass is 31.2. The molecule has 0 bridgehead atoms. The third kappa shape index (κ3) is 9.08. The molecule has 1 aliphatic rings. The molecule has 14 heteroatoms. The van der Waals surface area contributed by atoms with Crippen molar-refractivity contribution in [2.75, 3.05) is 6.61 Å². The van der Waals surface area contributed by atoms with Crippen LogP contribution in [0.2, 0.25) is 0 Å². The van der Waals surface area contributed by atoms with Gasteiger partial charge in [-0.3, -0.25) is 19.2 Å². The summed E-state index contributed by atoms with van der Waals surface area (Å²) in [6.45, 7) is 3.87. The molecular weight excluding hydrogens is 551 g/mol. The number of phosphoric acid groups is 1. The Balaban J connectivity index is 2.05. The van der Waals surface area contributed by atoms with Gasteiger partial charge in [0.25, 0.3) is 0 Å². The van der Waals surface area contributed by atoms with Crippen LogP contribution in [-0.4, -0.2) is 61.2 Å². The van der Waals surface area contributed by atoms with Gasteiger partial charge in [0.2, 0.25) is 6.29 Å². The fraction of sp³-hybridized carbons (Fsp3) is 0.385. The van der Waals surface area contributed by atoms with Crippen molar-refractivity contribution < 1.29 is 61.0 Å². The van der Waals surface area contributed by atoms with Gasteiger partial charge in [0.05, 0.1) is 0 Å². The Kier molecular flexibility index (Phi) is 10.7. The minimum Gasteiger partial charge on any atom is -0.463 e. The quantitative estimate of drug-likeness (QED) is 0.217. The van der Waals surface area contributed by atoms with E-state index in [1.807, 2.05) is 0 Å². The number of ether oxygens (including phenoxy) is 5. The first-order chi connectivity index (χ1) is 19.0. The molecule has 5 atom stereocenters. The van der Waals surface area contributed by atoms with Gasteiger partial charge >= 0.3 is 31.7 Å². The van der Waals surface area contributed by atoms with Gasteiger partial charge in [0.15, 0.2) is 18.3 Å². The highest BCUT2D eigenvalue weighted by Crippen LogP contribution is 2.52. The SMILES string of the molecule is CC(=O)OCC1O[C@H](OP(=O)(Oc2ccccc2)Oc2ccccc2)C(OC(C)=O)C(OC(C)=O)[C@@H]1OC(C)=O. The first kappa shape index (κ1) is 30.6. The Morgan fingerprint density at radius 3 is 1.57 bits per heavy atom. The van der Waals surface area contributed by atoms with Crippen molar-refractivity contribution in [3.63, 3.8) is 0 Å². The minimum atomic E-state index is -4.66. The van der Waals surface area contributed by atoms with E-state index >= 15 is 0 Å². The molecule has 2 aromatic rings. The number of carbonyl (C=O) groups is 4. The summed E-state index contributed by atoms with van der Waals surface area (Å²) in [6.07, 6.45) is -7.71. The number of hydrogen-bond donors (Lipinski definition) is 0. The van der Waals surface area contributed by atoms with Crippen molar-refractivity contribution in [2.24, 2.45) is 0 Å². The molecule has 1 heterocycles. The second-order valence-electron chi connectivity index (χ2n) is 8.43. The molecule has 216 valence electrons. The molecule has 40 heavy (non-hydrogen) atoms. The van der Waals surface area contributed by atoms with Crippen LogP contribution in [0.4, 0.5) is 0 Å². The Hall–Kier alpha value is -3.93. The summed E-state index contributed by atoms with van der Waals surface area (Å²) in [5.41, 5.74) is 0. The van der Waals surface area contributed by atoms with Crippen LogP contribution in [0.3, 0.4) is 0 Å². The molecule has 1 saturated heterocycles.